The lowest BCUT2D eigenvalue weighted by Gasteiger charge is -2.35. The van der Waals surface area contributed by atoms with Gasteiger partial charge in [-0.05, 0) is 19.3 Å². The first kappa shape index (κ1) is 13.3. The number of hydrogen-bond acceptors (Lipinski definition) is 4. The van der Waals surface area contributed by atoms with E-state index in [1.54, 1.807) is 0 Å². The molecule has 2 heterocycles. The van der Waals surface area contributed by atoms with E-state index in [2.05, 4.69) is 9.97 Å². The smallest absolute Gasteiger partial charge is 0.225 e. The van der Waals surface area contributed by atoms with Crippen LogP contribution in [0.2, 0.25) is 0 Å². The predicted molar refractivity (Wildman–Crippen MR) is 72.9 cm³/mol. The zero-order chi connectivity index (χ0) is 14.1. The number of anilines is 1. The summed E-state index contributed by atoms with van der Waals surface area (Å²) in [5.41, 5.74) is 0.450. The Morgan fingerprint density at radius 2 is 2.00 bits per heavy atom. The summed E-state index contributed by atoms with van der Waals surface area (Å²) in [5, 5.41) is 0. The molecule has 0 atom stereocenters. The molecule has 1 aliphatic carbocycles. The van der Waals surface area contributed by atoms with Gasteiger partial charge >= 0.3 is 0 Å². The number of piperazine rings is 1. The van der Waals surface area contributed by atoms with Crippen LogP contribution in [-0.2, 0) is 11.2 Å². The first-order chi connectivity index (χ1) is 9.70. The molecule has 1 saturated carbocycles. The van der Waals surface area contributed by atoms with E-state index in [1.807, 2.05) is 16.7 Å². The van der Waals surface area contributed by atoms with Crippen molar-refractivity contribution in [2.45, 2.75) is 26.2 Å². The number of aryl methyl sites for hydroxylation is 1. The van der Waals surface area contributed by atoms with Gasteiger partial charge < -0.3 is 9.80 Å². The molecule has 0 unspecified atom stereocenters. The number of hydrogen-bond donors (Lipinski definition) is 0. The lowest BCUT2D eigenvalue weighted by molar-refractivity contribution is -0.132. The van der Waals surface area contributed by atoms with Crippen LogP contribution in [0.15, 0.2) is 6.33 Å². The molecule has 108 valence electrons. The van der Waals surface area contributed by atoms with Gasteiger partial charge in [0.1, 0.15) is 6.33 Å². The van der Waals surface area contributed by atoms with Crippen LogP contribution in [0.3, 0.4) is 0 Å². The average Bonchev–Trinajstić information content (AvgIpc) is 3.32. The monoisotopic (exact) mass is 278 g/mol. The van der Waals surface area contributed by atoms with Gasteiger partial charge in [-0.1, -0.05) is 6.92 Å². The van der Waals surface area contributed by atoms with Crippen molar-refractivity contribution in [2.75, 3.05) is 31.1 Å². The van der Waals surface area contributed by atoms with E-state index in [1.165, 1.54) is 6.33 Å². The van der Waals surface area contributed by atoms with Crippen LogP contribution in [-0.4, -0.2) is 47.0 Å². The van der Waals surface area contributed by atoms with Gasteiger partial charge in [0.25, 0.3) is 0 Å². The molecule has 3 rings (SSSR count). The summed E-state index contributed by atoms with van der Waals surface area (Å²) in [5.74, 6) is 0.568. The number of amides is 1. The molecular weight excluding hydrogens is 259 g/mol. The topological polar surface area (TPSA) is 49.3 Å². The second-order valence-electron chi connectivity index (χ2n) is 5.40. The molecule has 0 aromatic carbocycles. The second kappa shape index (κ2) is 5.34. The van der Waals surface area contributed by atoms with Crippen LogP contribution >= 0.6 is 0 Å². The third-order valence-corrected chi connectivity index (χ3v) is 4.00. The van der Waals surface area contributed by atoms with Gasteiger partial charge in [-0.3, -0.25) is 4.79 Å². The maximum Gasteiger partial charge on any atom is 0.225 e. The largest absolute Gasteiger partial charge is 0.351 e. The highest BCUT2D eigenvalue weighted by Crippen LogP contribution is 2.31. The normalized spacial score (nSPS) is 19.3. The first-order valence-electron chi connectivity index (χ1n) is 7.23. The molecule has 1 aromatic heterocycles. The van der Waals surface area contributed by atoms with Crippen molar-refractivity contribution in [3.63, 3.8) is 0 Å². The third-order valence-electron chi connectivity index (χ3n) is 4.00. The van der Waals surface area contributed by atoms with Crippen molar-refractivity contribution < 1.29 is 9.18 Å². The summed E-state index contributed by atoms with van der Waals surface area (Å²) in [6.45, 7) is 4.45. The Kier molecular flexibility index (Phi) is 3.54. The minimum atomic E-state index is -0.322. The molecule has 0 radical (unpaired) electrons. The zero-order valence-corrected chi connectivity index (χ0v) is 11.7. The maximum atomic E-state index is 14.2. The Balaban J connectivity index is 1.67. The van der Waals surface area contributed by atoms with Gasteiger partial charge in [0.05, 0.1) is 5.69 Å². The molecule has 2 fully saturated rings. The fraction of sp³-hybridized carbons (Fsp3) is 0.643. The van der Waals surface area contributed by atoms with Crippen LogP contribution in [0.5, 0.6) is 0 Å². The quantitative estimate of drug-likeness (QED) is 0.834. The van der Waals surface area contributed by atoms with Crippen LogP contribution in [0.1, 0.15) is 25.5 Å². The number of carbonyl (C=O) groups is 1. The fourth-order valence-corrected chi connectivity index (χ4v) is 2.59. The predicted octanol–water partition coefficient (Wildman–Crippen LogP) is 1.24. The highest BCUT2D eigenvalue weighted by Gasteiger charge is 2.35. The Morgan fingerprint density at radius 1 is 1.30 bits per heavy atom. The number of aromatic nitrogens is 2. The molecule has 2 aliphatic rings. The standard InChI is InChI=1S/C14H19FN4O/c1-2-11-12(15)13(17-9-16-11)18-5-7-19(8-6-18)14(20)10-3-4-10/h9-10H,2-8H2,1H3. The van der Waals surface area contributed by atoms with Crippen molar-refractivity contribution in [3.8, 4) is 0 Å². The Bertz CT molecular complexity index is 510. The number of halogens is 1. The highest BCUT2D eigenvalue weighted by molar-refractivity contribution is 5.81. The second-order valence-corrected chi connectivity index (χ2v) is 5.40. The number of nitrogens with zero attached hydrogens (tertiary/aromatic N) is 4. The van der Waals surface area contributed by atoms with Crippen molar-refractivity contribution >= 4 is 11.7 Å². The Morgan fingerprint density at radius 3 is 2.60 bits per heavy atom. The number of carbonyl (C=O) groups excluding carboxylic acids is 1. The maximum absolute atomic E-state index is 14.2. The molecule has 6 heteroatoms. The van der Waals surface area contributed by atoms with Gasteiger partial charge in [-0.25, -0.2) is 14.4 Å². The molecule has 20 heavy (non-hydrogen) atoms. The Hall–Kier alpha value is -1.72. The van der Waals surface area contributed by atoms with Crippen LogP contribution in [0.4, 0.5) is 10.2 Å². The molecule has 1 saturated heterocycles. The minimum Gasteiger partial charge on any atom is -0.351 e. The molecule has 0 bridgehead atoms. The molecule has 0 N–H and O–H groups in total. The highest BCUT2D eigenvalue weighted by atomic mass is 19.1. The first-order valence-corrected chi connectivity index (χ1v) is 7.23. The van der Waals surface area contributed by atoms with Crippen molar-refractivity contribution in [1.82, 2.24) is 14.9 Å². The van der Waals surface area contributed by atoms with Crippen molar-refractivity contribution in [1.29, 1.82) is 0 Å². The molecule has 0 spiro atoms. The Labute approximate surface area is 117 Å². The van der Waals surface area contributed by atoms with Crippen molar-refractivity contribution in [2.24, 2.45) is 5.92 Å². The molecule has 1 aliphatic heterocycles. The minimum absolute atomic E-state index is 0.254. The van der Waals surface area contributed by atoms with Crippen LogP contribution < -0.4 is 4.90 Å². The number of rotatable bonds is 3. The summed E-state index contributed by atoms with van der Waals surface area (Å²) in [4.78, 5) is 23.8. The van der Waals surface area contributed by atoms with Gasteiger partial charge in [-0.2, -0.15) is 0 Å². The third kappa shape index (κ3) is 2.46. The lowest BCUT2D eigenvalue weighted by Crippen LogP contribution is -2.49. The van der Waals surface area contributed by atoms with E-state index >= 15 is 0 Å². The average molecular weight is 278 g/mol. The van der Waals surface area contributed by atoms with Crippen LogP contribution in [0, 0.1) is 11.7 Å². The molecular formula is C14H19FN4O. The lowest BCUT2D eigenvalue weighted by atomic mass is 10.2. The van der Waals surface area contributed by atoms with E-state index in [4.69, 9.17) is 0 Å². The summed E-state index contributed by atoms with van der Waals surface area (Å²) in [6.07, 6.45) is 4.03. The van der Waals surface area contributed by atoms with E-state index < -0.39 is 0 Å². The SMILES string of the molecule is CCc1ncnc(N2CCN(C(=O)C3CC3)CC2)c1F. The summed E-state index contributed by atoms with van der Waals surface area (Å²) >= 11 is 0. The van der Waals surface area contributed by atoms with E-state index in [9.17, 15) is 9.18 Å². The van der Waals surface area contributed by atoms with Gasteiger partial charge in [0.2, 0.25) is 5.91 Å². The van der Waals surface area contributed by atoms with E-state index in [0.29, 0.717) is 44.1 Å². The van der Waals surface area contributed by atoms with Gasteiger partial charge in [0, 0.05) is 32.1 Å². The van der Waals surface area contributed by atoms with Crippen molar-refractivity contribution in [3.05, 3.63) is 17.8 Å². The summed E-state index contributed by atoms with van der Waals surface area (Å²) < 4.78 is 14.2. The zero-order valence-electron chi connectivity index (χ0n) is 11.7. The van der Waals surface area contributed by atoms with Crippen LogP contribution in [0.25, 0.3) is 0 Å². The fourth-order valence-electron chi connectivity index (χ4n) is 2.59. The molecule has 5 nitrogen and oxygen atoms in total. The molecule has 1 aromatic rings. The summed E-state index contributed by atoms with van der Waals surface area (Å²) in [6, 6.07) is 0. The van der Waals surface area contributed by atoms with E-state index in [-0.39, 0.29) is 17.6 Å². The van der Waals surface area contributed by atoms with Gasteiger partial charge in [-0.15, -0.1) is 0 Å². The molecule has 1 amide bonds. The summed E-state index contributed by atoms with van der Waals surface area (Å²) in [7, 11) is 0. The van der Waals surface area contributed by atoms with E-state index in [0.717, 1.165) is 12.8 Å². The van der Waals surface area contributed by atoms with Gasteiger partial charge in [0.15, 0.2) is 11.6 Å².